The predicted molar refractivity (Wildman–Crippen MR) is 66.8 cm³/mol. The molecule has 0 saturated carbocycles. The molecule has 1 saturated heterocycles. The minimum Gasteiger partial charge on any atom is -0.320 e. The molecule has 0 bridgehead atoms. The smallest absolute Gasteiger partial charge is 0.320 e. The summed E-state index contributed by atoms with van der Waals surface area (Å²) in [6.07, 6.45) is 1.17. The molecule has 90 valence electrons. The highest BCUT2D eigenvalue weighted by Crippen LogP contribution is 2.24. The normalized spacial score (nSPS) is 23.4. The molecule has 2 N–H and O–H groups in total. The van der Waals surface area contributed by atoms with E-state index in [0.29, 0.717) is 5.92 Å². The van der Waals surface area contributed by atoms with Crippen LogP contribution in [0.5, 0.6) is 0 Å². The van der Waals surface area contributed by atoms with E-state index in [-0.39, 0.29) is 6.03 Å². The van der Waals surface area contributed by atoms with Crippen molar-refractivity contribution in [1.29, 1.82) is 0 Å². The lowest BCUT2D eigenvalue weighted by molar-refractivity contribution is 0.197. The molecule has 1 atom stereocenters. The number of benzene rings is 1. The number of fused-ring (bicyclic) bond motifs is 1. The molecular formula is C13H17N3O. The molecule has 4 heteroatoms. The summed E-state index contributed by atoms with van der Waals surface area (Å²) in [5.74, 6) is 0.603. The minimum atomic E-state index is 0.0376. The van der Waals surface area contributed by atoms with Crippen molar-refractivity contribution in [3.05, 3.63) is 29.8 Å². The average molecular weight is 231 g/mol. The fraction of sp³-hybridized carbons (Fsp3) is 0.462. The number of carbonyl (C=O) groups excluding carboxylic acids is 1. The summed E-state index contributed by atoms with van der Waals surface area (Å²) in [6, 6.07) is 8.05. The van der Waals surface area contributed by atoms with Crippen molar-refractivity contribution in [2.45, 2.75) is 13.0 Å². The lowest BCUT2D eigenvalue weighted by atomic mass is 10.1. The Hall–Kier alpha value is -1.55. The van der Waals surface area contributed by atoms with E-state index in [0.717, 1.165) is 31.9 Å². The molecule has 0 aromatic heterocycles. The van der Waals surface area contributed by atoms with E-state index in [4.69, 9.17) is 0 Å². The molecule has 17 heavy (non-hydrogen) atoms. The first-order valence-electron chi connectivity index (χ1n) is 6.17. The second-order valence-electron chi connectivity index (χ2n) is 4.83. The van der Waals surface area contributed by atoms with Crippen LogP contribution in [0.2, 0.25) is 0 Å². The first kappa shape index (κ1) is 10.6. The number of para-hydroxylation sites is 1. The van der Waals surface area contributed by atoms with E-state index in [2.05, 4.69) is 16.7 Å². The van der Waals surface area contributed by atoms with Gasteiger partial charge in [-0.25, -0.2) is 4.79 Å². The van der Waals surface area contributed by atoms with Crippen LogP contribution in [0.15, 0.2) is 24.3 Å². The van der Waals surface area contributed by atoms with Crippen LogP contribution < -0.4 is 10.6 Å². The Kier molecular flexibility index (Phi) is 2.73. The maximum Gasteiger partial charge on any atom is 0.322 e. The molecule has 0 spiro atoms. The lowest BCUT2D eigenvalue weighted by Crippen LogP contribution is -2.41. The van der Waals surface area contributed by atoms with Gasteiger partial charge in [0.2, 0.25) is 0 Å². The Morgan fingerprint density at radius 1 is 1.35 bits per heavy atom. The number of rotatable bonds is 2. The van der Waals surface area contributed by atoms with Gasteiger partial charge >= 0.3 is 6.03 Å². The molecule has 1 aromatic carbocycles. The standard InChI is InChI=1S/C13H17N3O/c17-13-15-12-4-2-1-3-11(12)9-16(13)8-10-5-6-14-7-10/h1-4,10,14H,5-9H2,(H,15,17)/t10-/m1/s1. The van der Waals surface area contributed by atoms with Crippen LogP contribution in [0, 0.1) is 5.92 Å². The van der Waals surface area contributed by atoms with E-state index < -0.39 is 0 Å². The fourth-order valence-corrected chi connectivity index (χ4v) is 2.58. The van der Waals surface area contributed by atoms with Crippen molar-refractivity contribution in [1.82, 2.24) is 10.2 Å². The highest BCUT2D eigenvalue weighted by Gasteiger charge is 2.25. The van der Waals surface area contributed by atoms with Gasteiger partial charge < -0.3 is 15.5 Å². The van der Waals surface area contributed by atoms with Crippen LogP contribution in [-0.4, -0.2) is 30.6 Å². The van der Waals surface area contributed by atoms with Crippen molar-refractivity contribution < 1.29 is 4.79 Å². The third-order valence-electron chi connectivity index (χ3n) is 3.55. The summed E-state index contributed by atoms with van der Waals surface area (Å²) < 4.78 is 0. The van der Waals surface area contributed by atoms with Crippen LogP contribution in [0.1, 0.15) is 12.0 Å². The monoisotopic (exact) mass is 231 g/mol. The molecular weight excluding hydrogens is 214 g/mol. The van der Waals surface area contributed by atoms with Gasteiger partial charge in [-0.1, -0.05) is 18.2 Å². The molecule has 1 aromatic rings. The molecule has 2 aliphatic heterocycles. The number of hydrogen-bond acceptors (Lipinski definition) is 2. The second-order valence-corrected chi connectivity index (χ2v) is 4.83. The first-order valence-corrected chi connectivity index (χ1v) is 6.17. The van der Waals surface area contributed by atoms with Gasteiger partial charge in [-0.3, -0.25) is 0 Å². The van der Waals surface area contributed by atoms with E-state index >= 15 is 0 Å². The van der Waals surface area contributed by atoms with Crippen LogP contribution in [-0.2, 0) is 6.54 Å². The Bertz CT molecular complexity index is 426. The third-order valence-corrected chi connectivity index (χ3v) is 3.55. The molecule has 2 aliphatic rings. The highest BCUT2D eigenvalue weighted by molar-refractivity contribution is 5.92. The van der Waals surface area contributed by atoms with Gasteiger partial charge in [0.15, 0.2) is 0 Å². The zero-order chi connectivity index (χ0) is 11.7. The Morgan fingerprint density at radius 2 is 2.24 bits per heavy atom. The van der Waals surface area contributed by atoms with Gasteiger partial charge in [0.25, 0.3) is 0 Å². The highest BCUT2D eigenvalue weighted by atomic mass is 16.2. The molecule has 4 nitrogen and oxygen atoms in total. The van der Waals surface area contributed by atoms with Crippen molar-refractivity contribution in [2.75, 3.05) is 25.0 Å². The minimum absolute atomic E-state index is 0.0376. The second kappa shape index (κ2) is 4.37. The average Bonchev–Trinajstić information content (AvgIpc) is 2.83. The number of urea groups is 1. The molecule has 1 fully saturated rings. The van der Waals surface area contributed by atoms with Crippen molar-refractivity contribution in [2.24, 2.45) is 5.92 Å². The van der Waals surface area contributed by atoms with Crippen LogP contribution >= 0.6 is 0 Å². The summed E-state index contributed by atoms with van der Waals surface area (Å²) in [5, 5.41) is 6.29. The summed E-state index contributed by atoms with van der Waals surface area (Å²) in [6.45, 7) is 3.70. The Balaban J connectivity index is 1.72. The zero-order valence-corrected chi connectivity index (χ0v) is 9.78. The van der Waals surface area contributed by atoms with Gasteiger partial charge in [0.05, 0.1) is 0 Å². The van der Waals surface area contributed by atoms with Crippen molar-refractivity contribution in [3.8, 4) is 0 Å². The van der Waals surface area contributed by atoms with Gasteiger partial charge in [-0.05, 0) is 37.1 Å². The van der Waals surface area contributed by atoms with Gasteiger partial charge in [0.1, 0.15) is 0 Å². The van der Waals surface area contributed by atoms with Gasteiger partial charge in [-0.15, -0.1) is 0 Å². The van der Waals surface area contributed by atoms with Crippen LogP contribution in [0.3, 0.4) is 0 Å². The number of nitrogens with one attached hydrogen (secondary N) is 2. The van der Waals surface area contributed by atoms with Crippen LogP contribution in [0.25, 0.3) is 0 Å². The Labute approximate surface area is 101 Å². The summed E-state index contributed by atoms with van der Waals surface area (Å²) in [7, 11) is 0. The SMILES string of the molecule is O=C1Nc2ccccc2CN1C[C@@H]1CCNC1. The molecule has 2 amide bonds. The van der Waals surface area contributed by atoms with Crippen molar-refractivity contribution in [3.63, 3.8) is 0 Å². The molecule has 3 rings (SSSR count). The number of hydrogen-bond donors (Lipinski definition) is 2. The van der Waals surface area contributed by atoms with Gasteiger partial charge in [0, 0.05) is 18.8 Å². The topological polar surface area (TPSA) is 44.4 Å². The summed E-state index contributed by atoms with van der Waals surface area (Å²) in [5.41, 5.74) is 2.16. The van der Waals surface area contributed by atoms with E-state index in [9.17, 15) is 4.79 Å². The predicted octanol–water partition coefficient (Wildman–Crippen LogP) is 1.64. The molecule has 0 unspecified atom stereocenters. The van der Waals surface area contributed by atoms with Crippen LogP contribution in [0.4, 0.5) is 10.5 Å². The third kappa shape index (κ3) is 2.13. The van der Waals surface area contributed by atoms with E-state index in [1.54, 1.807) is 0 Å². The fourth-order valence-electron chi connectivity index (χ4n) is 2.58. The number of nitrogens with zero attached hydrogens (tertiary/aromatic N) is 1. The largest absolute Gasteiger partial charge is 0.322 e. The van der Waals surface area contributed by atoms with E-state index in [1.165, 1.54) is 12.0 Å². The Morgan fingerprint density at radius 3 is 3.06 bits per heavy atom. The maximum atomic E-state index is 11.9. The molecule has 0 aliphatic carbocycles. The maximum absolute atomic E-state index is 11.9. The molecule has 2 heterocycles. The number of amides is 2. The summed E-state index contributed by atoms with van der Waals surface area (Å²) >= 11 is 0. The number of anilines is 1. The van der Waals surface area contributed by atoms with Gasteiger partial charge in [-0.2, -0.15) is 0 Å². The van der Waals surface area contributed by atoms with Crippen molar-refractivity contribution >= 4 is 11.7 Å². The number of carbonyl (C=O) groups is 1. The summed E-state index contributed by atoms with van der Waals surface area (Å²) in [4.78, 5) is 13.9. The zero-order valence-electron chi connectivity index (χ0n) is 9.78. The quantitative estimate of drug-likeness (QED) is 0.812. The van der Waals surface area contributed by atoms with E-state index in [1.807, 2.05) is 23.1 Å². The molecule has 0 radical (unpaired) electrons. The first-order chi connectivity index (χ1) is 8.33. The lowest BCUT2D eigenvalue weighted by Gasteiger charge is -2.31.